The second kappa shape index (κ2) is 6.11. The molecule has 1 heterocycles. The molecule has 1 aromatic carbocycles. The zero-order chi connectivity index (χ0) is 13.9. The summed E-state index contributed by atoms with van der Waals surface area (Å²) in [5.74, 6) is 1.51. The van der Waals surface area contributed by atoms with E-state index >= 15 is 0 Å². The molecule has 3 unspecified atom stereocenters. The molecule has 1 saturated carbocycles. The van der Waals surface area contributed by atoms with Crippen molar-refractivity contribution in [3.63, 3.8) is 0 Å². The minimum Gasteiger partial charge on any atom is -0.309 e. The molecule has 0 radical (unpaired) electrons. The van der Waals surface area contributed by atoms with Crippen LogP contribution < -0.4 is 5.32 Å². The van der Waals surface area contributed by atoms with Crippen molar-refractivity contribution in [2.45, 2.75) is 38.6 Å². The Morgan fingerprint density at radius 1 is 1.25 bits per heavy atom. The summed E-state index contributed by atoms with van der Waals surface area (Å²) < 4.78 is 0. The van der Waals surface area contributed by atoms with Crippen molar-refractivity contribution >= 4 is 11.3 Å². The molecule has 0 saturated heterocycles. The molecule has 0 aliphatic heterocycles. The highest BCUT2D eigenvalue weighted by Gasteiger charge is 2.44. The highest BCUT2D eigenvalue weighted by atomic mass is 32.1. The lowest BCUT2D eigenvalue weighted by Gasteiger charge is -2.19. The number of nitrogens with one attached hydrogen (secondary N) is 1. The molecule has 1 nitrogen and oxygen atoms in total. The molecular formula is C18H23NS. The van der Waals surface area contributed by atoms with Gasteiger partial charge in [-0.3, -0.25) is 0 Å². The number of hydrogen-bond donors (Lipinski definition) is 1. The smallest absolute Gasteiger partial charge is 0.0452 e. The molecule has 0 spiro atoms. The average Bonchev–Trinajstić information content (AvgIpc) is 3.16. The summed E-state index contributed by atoms with van der Waals surface area (Å²) in [6, 6.07) is 13.8. The second-order valence-electron chi connectivity index (χ2n) is 5.82. The molecule has 0 amide bonds. The minimum absolute atomic E-state index is 0.542. The Bertz CT molecular complexity index is 546. The fourth-order valence-electron chi connectivity index (χ4n) is 3.11. The van der Waals surface area contributed by atoms with Crippen LogP contribution in [0.3, 0.4) is 0 Å². The van der Waals surface area contributed by atoms with Crippen LogP contribution in [0.5, 0.6) is 0 Å². The fourth-order valence-corrected chi connectivity index (χ4v) is 4.19. The van der Waals surface area contributed by atoms with Crippen molar-refractivity contribution in [2.24, 2.45) is 5.92 Å². The average molecular weight is 285 g/mol. The Morgan fingerprint density at radius 2 is 2.05 bits per heavy atom. The normalized spacial score (nSPS) is 22.7. The van der Waals surface area contributed by atoms with Gasteiger partial charge in [-0.15, -0.1) is 11.3 Å². The van der Waals surface area contributed by atoms with Crippen LogP contribution in [0.25, 0.3) is 0 Å². The standard InChI is InChI=1S/C18H23NS/c1-3-10-19-17(18-13(2)9-11-20-18)16-12-15(16)14-7-5-4-6-8-14/h4-9,11,15-17,19H,3,10,12H2,1-2H3. The maximum Gasteiger partial charge on any atom is 0.0452 e. The lowest BCUT2D eigenvalue weighted by Crippen LogP contribution is -2.24. The first-order valence-electron chi connectivity index (χ1n) is 7.63. The quantitative estimate of drug-likeness (QED) is 0.796. The Kier molecular flexibility index (Phi) is 4.23. The molecule has 0 bridgehead atoms. The van der Waals surface area contributed by atoms with E-state index in [1.807, 2.05) is 11.3 Å². The molecule has 20 heavy (non-hydrogen) atoms. The van der Waals surface area contributed by atoms with Crippen molar-refractivity contribution < 1.29 is 0 Å². The van der Waals surface area contributed by atoms with Crippen molar-refractivity contribution in [3.05, 3.63) is 57.8 Å². The van der Waals surface area contributed by atoms with E-state index < -0.39 is 0 Å². The molecule has 1 fully saturated rings. The van der Waals surface area contributed by atoms with Gasteiger partial charge in [0, 0.05) is 10.9 Å². The van der Waals surface area contributed by atoms with Gasteiger partial charge in [-0.1, -0.05) is 37.3 Å². The van der Waals surface area contributed by atoms with Gasteiger partial charge < -0.3 is 5.32 Å². The van der Waals surface area contributed by atoms with Crippen LogP contribution in [0.1, 0.15) is 47.7 Å². The van der Waals surface area contributed by atoms with Gasteiger partial charge in [-0.2, -0.15) is 0 Å². The maximum atomic E-state index is 3.78. The monoisotopic (exact) mass is 285 g/mol. The van der Waals surface area contributed by atoms with Gasteiger partial charge in [0.1, 0.15) is 0 Å². The first kappa shape index (κ1) is 13.8. The second-order valence-corrected chi connectivity index (χ2v) is 6.76. The van der Waals surface area contributed by atoms with Gasteiger partial charge in [-0.05, 0) is 60.7 Å². The lowest BCUT2D eigenvalue weighted by atomic mass is 10.0. The Hall–Kier alpha value is -1.12. The van der Waals surface area contributed by atoms with Gasteiger partial charge in [0.15, 0.2) is 0 Å². The number of benzene rings is 1. The zero-order valence-corrected chi connectivity index (χ0v) is 13.1. The van der Waals surface area contributed by atoms with Gasteiger partial charge in [-0.25, -0.2) is 0 Å². The number of rotatable bonds is 6. The summed E-state index contributed by atoms with van der Waals surface area (Å²) in [5, 5.41) is 6.01. The molecular weight excluding hydrogens is 262 g/mol. The summed E-state index contributed by atoms with van der Waals surface area (Å²) in [4.78, 5) is 1.54. The third-order valence-electron chi connectivity index (χ3n) is 4.29. The third-order valence-corrected chi connectivity index (χ3v) is 5.40. The molecule has 1 N–H and O–H groups in total. The SMILES string of the molecule is CCCNC(c1sccc1C)C1CC1c1ccccc1. The van der Waals surface area contributed by atoms with E-state index in [1.54, 1.807) is 4.88 Å². The summed E-state index contributed by atoms with van der Waals surface area (Å²) in [6.07, 6.45) is 2.52. The van der Waals surface area contributed by atoms with E-state index in [4.69, 9.17) is 0 Å². The van der Waals surface area contributed by atoms with Gasteiger partial charge in [0.05, 0.1) is 0 Å². The van der Waals surface area contributed by atoms with Gasteiger partial charge >= 0.3 is 0 Å². The first-order valence-corrected chi connectivity index (χ1v) is 8.51. The molecule has 1 aliphatic rings. The summed E-state index contributed by atoms with van der Waals surface area (Å²) in [5.41, 5.74) is 2.96. The van der Waals surface area contributed by atoms with Crippen LogP contribution in [0, 0.1) is 12.8 Å². The zero-order valence-electron chi connectivity index (χ0n) is 12.3. The molecule has 2 heteroatoms. The van der Waals surface area contributed by atoms with Crippen molar-refractivity contribution in [2.75, 3.05) is 6.54 Å². The van der Waals surface area contributed by atoms with Crippen LogP contribution in [-0.4, -0.2) is 6.54 Å². The number of aryl methyl sites for hydroxylation is 1. The molecule has 3 atom stereocenters. The molecule has 3 rings (SSSR count). The maximum absolute atomic E-state index is 3.78. The van der Waals surface area contributed by atoms with E-state index in [0.29, 0.717) is 6.04 Å². The van der Waals surface area contributed by atoms with Crippen LogP contribution in [0.15, 0.2) is 41.8 Å². The highest BCUT2D eigenvalue weighted by Crippen LogP contribution is 2.55. The Balaban J connectivity index is 1.77. The number of hydrogen-bond acceptors (Lipinski definition) is 2. The highest BCUT2D eigenvalue weighted by molar-refractivity contribution is 7.10. The van der Waals surface area contributed by atoms with E-state index in [1.165, 1.54) is 24.0 Å². The van der Waals surface area contributed by atoms with Crippen molar-refractivity contribution in [3.8, 4) is 0 Å². The molecule has 106 valence electrons. The molecule has 2 aromatic rings. The van der Waals surface area contributed by atoms with Gasteiger partial charge in [0.2, 0.25) is 0 Å². The predicted octanol–water partition coefficient (Wildman–Crippen LogP) is 4.90. The Labute approximate surface area is 126 Å². The number of thiophene rings is 1. The van der Waals surface area contributed by atoms with Crippen LogP contribution in [-0.2, 0) is 0 Å². The minimum atomic E-state index is 0.542. The summed E-state index contributed by atoms with van der Waals surface area (Å²) in [7, 11) is 0. The van der Waals surface area contributed by atoms with Crippen molar-refractivity contribution in [1.29, 1.82) is 0 Å². The fraction of sp³-hybridized carbons (Fsp3) is 0.444. The van der Waals surface area contributed by atoms with Gasteiger partial charge in [0.25, 0.3) is 0 Å². The largest absolute Gasteiger partial charge is 0.309 e. The van der Waals surface area contributed by atoms with E-state index in [-0.39, 0.29) is 0 Å². The topological polar surface area (TPSA) is 12.0 Å². The summed E-state index contributed by atoms with van der Waals surface area (Å²) in [6.45, 7) is 5.60. The lowest BCUT2D eigenvalue weighted by molar-refractivity contribution is 0.478. The van der Waals surface area contributed by atoms with E-state index in [9.17, 15) is 0 Å². The first-order chi connectivity index (χ1) is 9.81. The third kappa shape index (κ3) is 2.82. The predicted molar refractivity (Wildman–Crippen MR) is 87.4 cm³/mol. The van der Waals surface area contributed by atoms with Crippen LogP contribution in [0.4, 0.5) is 0 Å². The van der Waals surface area contributed by atoms with E-state index in [2.05, 4.69) is 60.9 Å². The molecule has 1 aromatic heterocycles. The summed E-state index contributed by atoms with van der Waals surface area (Å²) >= 11 is 1.91. The van der Waals surface area contributed by atoms with Crippen LogP contribution in [0.2, 0.25) is 0 Å². The Morgan fingerprint density at radius 3 is 2.70 bits per heavy atom. The van der Waals surface area contributed by atoms with Crippen LogP contribution >= 0.6 is 11.3 Å². The molecule has 1 aliphatic carbocycles. The van der Waals surface area contributed by atoms with Crippen molar-refractivity contribution in [1.82, 2.24) is 5.32 Å². The van der Waals surface area contributed by atoms with E-state index in [0.717, 1.165) is 18.4 Å².